The fourth-order valence-electron chi connectivity index (χ4n) is 2.73. The van der Waals surface area contributed by atoms with Crippen LogP contribution in [0.2, 0.25) is 5.28 Å². The van der Waals surface area contributed by atoms with E-state index >= 15 is 0 Å². The molecule has 0 aliphatic heterocycles. The van der Waals surface area contributed by atoms with Gasteiger partial charge in [-0.2, -0.15) is 4.98 Å². The van der Waals surface area contributed by atoms with Gasteiger partial charge in [0.1, 0.15) is 0 Å². The van der Waals surface area contributed by atoms with Gasteiger partial charge in [0.2, 0.25) is 5.28 Å². The van der Waals surface area contributed by atoms with Crippen molar-refractivity contribution in [3.8, 4) is 11.8 Å². The van der Waals surface area contributed by atoms with E-state index in [0.29, 0.717) is 11.9 Å². The average Bonchev–Trinajstić information content (AvgIpc) is 2.95. The fourth-order valence-corrected chi connectivity index (χ4v) is 2.95. The minimum absolute atomic E-state index is 0.144. The van der Waals surface area contributed by atoms with Gasteiger partial charge in [0.25, 0.3) is 5.56 Å². The summed E-state index contributed by atoms with van der Waals surface area (Å²) in [6, 6.07) is 9.71. The number of benzene rings is 1. The third-order valence-corrected chi connectivity index (χ3v) is 4.36. The molecule has 0 atom stereocenters. The van der Waals surface area contributed by atoms with Crippen LogP contribution < -0.4 is 11.2 Å². The van der Waals surface area contributed by atoms with Crippen molar-refractivity contribution in [1.29, 1.82) is 0 Å². The molecule has 2 aromatic heterocycles. The highest BCUT2D eigenvalue weighted by Crippen LogP contribution is 2.15. The number of fused-ring (bicyclic) bond motifs is 1. The van der Waals surface area contributed by atoms with Gasteiger partial charge in [0, 0.05) is 13.6 Å². The SMILES string of the molecule is CC#CCn1c(Cl)nc2c1c(=O)n(CCc1ccccc1)c(=O)n2C. The molecular formula is C18H17ClN4O2. The number of imidazole rings is 1. The molecule has 0 aliphatic rings. The summed E-state index contributed by atoms with van der Waals surface area (Å²) >= 11 is 6.15. The summed E-state index contributed by atoms with van der Waals surface area (Å²) in [7, 11) is 1.59. The maximum absolute atomic E-state index is 12.9. The minimum atomic E-state index is -0.406. The van der Waals surface area contributed by atoms with Crippen LogP contribution in [0.5, 0.6) is 0 Å². The lowest BCUT2D eigenvalue weighted by molar-refractivity contribution is 0.600. The van der Waals surface area contributed by atoms with E-state index in [9.17, 15) is 9.59 Å². The van der Waals surface area contributed by atoms with Gasteiger partial charge in [-0.05, 0) is 30.5 Å². The van der Waals surface area contributed by atoms with E-state index < -0.39 is 11.2 Å². The predicted octanol–water partition coefficient (Wildman–Crippen LogP) is 1.82. The molecule has 0 N–H and O–H groups in total. The normalized spacial score (nSPS) is 10.7. The molecular weight excluding hydrogens is 340 g/mol. The van der Waals surface area contributed by atoms with Gasteiger partial charge in [0.15, 0.2) is 11.2 Å². The third kappa shape index (κ3) is 3.11. The van der Waals surface area contributed by atoms with Crippen LogP contribution in [0.4, 0.5) is 0 Å². The predicted molar refractivity (Wildman–Crippen MR) is 97.8 cm³/mol. The topological polar surface area (TPSA) is 61.8 Å². The Hall–Kier alpha value is -2.78. The van der Waals surface area contributed by atoms with Gasteiger partial charge < -0.3 is 0 Å². The van der Waals surface area contributed by atoms with Gasteiger partial charge >= 0.3 is 5.69 Å². The van der Waals surface area contributed by atoms with Crippen LogP contribution in [-0.2, 0) is 26.6 Å². The highest BCUT2D eigenvalue weighted by molar-refractivity contribution is 6.29. The van der Waals surface area contributed by atoms with Gasteiger partial charge in [-0.25, -0.2) is 4.79 Å². The molecule has 0 saturated carbocycles. The molecule has 0 fully saturated rings. The van der Waals surface area contributed by atoms with Crippen molar-refractivity contribution >= 4 is 22.8 Å². The van der Waals surface area contributed by atoms with E-state index in [1.807, 2.05) is 30.3 Å². The van der Waals surface area contributed by atoms with Crippen molar-refractivity contribution < 1.29 is 0 Å². The third-order valence-electron chi connectivity index (χ3n) is 4.07. The van der Waals surface area contributed by atoms with Crippen LogP contribution in [0.1, 0.15) is 12.5 Å². The first-order valence-corrected chi connectivity index (χ1v) is 8.21. The molecule has 0 saturated heterocycles. The quantitative estimate of drug-likeness (QED) is 0.529. The first kappa shape index (κ1) is 17.1. The lowest BCUT2D eigenvalue weighted by atomic mass is 10.1. The minimum Gasteiger partial charge on any atom is -0.297 e. The van der Waals surface area contributed by atoms with Crippen LogP contribution in [0.25, 0.3) is 11.2 Å². The molecule has 7 heteroatoms. The Morgan fingerprint density at radius 2 is 1.88 bits per heavy atom. The fraction of sp³-hybridized carbons (Fsp3) is 0.278. The lowest BCUT2D eigenvalue weighted by Crippen LogP contribution is -2.40. The van der Waals surface area contributed by atoms with Crippen LogP contribution in [0.15, 0.2) is 39.9 Å². The number of nitrogens with zero attached hydrogens (tertiary/aromatic N) is 4. The molecule has 2 heterocycles. The largest absolute Gasteiger partial charge is 0.332 e. The van der Waals surface area contributed by atoms with E-state index in [-0.39, 0.29) is 24.0 Å². The summed E-state index contributed by atoms with van der Waals surface area (Å²) in [6.45, 7) is 2.24. The van der Waals surface area contributed by atoms with Crippen LogP contribution in [0.3, 0.4) is 0 Å². The maximum Gasteiger partial charge on any atom is 0.332 e. The first-order valence-electron chi connectivity index (χ1n) is 7.83. The molecule has 0 spiro atoms. The van der Waals surface area contributed by atoms with E-state index in [2.05, 4.69) is 16.8 Å². The molecule has 0 aliphatic carbocycles. The van der Waals surface area contributed by atoms with Crippen molar-refractivity contribution in [2.75, 3.05) is 0 Å². The van der Waals surface area contributed by atoms with Gasteiger partial charge in [0.05, 0.1) is 6.54 Å². The Morgan fingerprint density at radius 3 is 2.56 bits per heavy atom. The number of aromatic nitrogens is 4. The van der Waals surface area contributed by atoms with Crippen LogP contribution >= 0.6 is 11.6 Å². The summed E-state index contributed by atoms with van der Waals surface area (Å²) in [6.07, 6.45) is 0.581. The van der Waals surface area contributed by atoms with Crippen molar-refractivity contribution in [2.45, 2.75) is 26.4 Å². The standard InChI is InChI=1S/C18H17ClN4O2/c1-3-4-11-22-14-15(20-17(22)19)21(2)18(25)23(16(14)24)12-10-13-8-6-5-7-9-13/h5-9H,10-12H2,1-2H3. The van der Waals surface area contributed by atoms with Crippen molar-refractivity contribution in [1.82, 2.24) is 18.7 Å². The van der Waals surface area contributed by atoms with E-state index in [1.54, 1.807) is 14.0 Å². The van der Waals surface area contributed by atoms with Gasteiger partial charge in [-0.15, -0.1) is 5.92 Å². The summed E-state index contributed by atoms with van der Waals surface area (Å²) in [5, 5.41) is 0.144. The first-order chi connectivity index (χ1) is 12.0. The summed E-state index contributed by atoms with van der Waals surface area (Å²) in [4.78, 5) is 29.6. The maximum atomic E-state index is 12.9. The Morgan fingerprint density at radius 1 is 1.16 bits per heavy atom. The molecule has 0 unspecified atom stereocenters. The second-order valence-electron chi connectivity index (χ2n) is 5.60. The summed E-state index contributed by atoms with van der Waals surface area (Å²) in [5.41, 5.74) is 0.819. The molecule has 25 heavy (non-hydrogen) atoms. The molecule has 3 aromatic rings. The second-order valence-corrected chi connectivity index (χ2v) is 5.94. The van der Waals surface area contributed by atoms with Crippen molar-refractivity contribution in [2.24, 2.45) is 7.05 Å². The molecule has 0 amide bonds. The molecule has 128 valence electrons. The zero-order valence-corrected chi connectivity index (χ0v) is 14.7. The van der Waals surface area contributed by atoms with Gasteiger partial charge in [-0.3, -0.25) is 18.5 Å². The molecule has 6 nitrogen and oxygen atoms in total. The van der Waals surface area contributed by atoms with E-state index in [1.165, 1.54) is 13.7 Å². The van der Waals surface area contributed by atoms with Crippen molar-refractivity contribution in [3.63, 3.8) is 0 Å². The Kier molecular flexibility index (Phi) is 4.77. The summed E-state index contributed by atoms with van der Waals surface area (Å²) in [5.74, 6) is 5.65. The lowest BCUT2D eigenvalue weighted by Gasteiger charge is -2.09. The van der Waals surface area contributed by atoms with E-state index in [0.717, 1.165) is 5.56 Å². The number of halogens is 1. The number of hydrogen-bond acceptors (Lipinski definition) is 3. The monoisotopic (exact) mass is 356 g/mol. The van der Waals surface area contributed by atoms with Crippen LogP contribution in [-0.4, -0.2) is 18.7 Å². The van der Waals surface area contributed by atoms with Crippen LogP contribution in [0, 0.1) is 11.8 Å². The zero-order chi connectivity index (χ0) is 18.0. The molecule has 0 radical (unpaired) electrons. The highest BCUT2D eigenvalue weighted by Gasteiger charge is 2.18. The molecule has 1 aromatic carbocycles. The average molecular weight is 357 g/mol. The second kappa shape index (κ2) is 6.99. The summed E-state index contributed by atoms with van der Waals surface area (Å²) < 4.78 is 4.11. The number of hydrogen-bond donors (Lipinski definition) is 0. The smallest absolute Gasteiger partial charge is 0.297 e. The van der Waals surface area contributed by atoms with E-state index in [4.69, 9.17) is 11.6 Å². The Labute approximate surface area is 149 Å². The molecule has 0 bridgehead atoms. The van der Waals surface area contributed by atoms with Gasteiger partial charge in [-0.1, -0.05) is 36.3 Å². The zero-order valence-electron chi connectivity index (χ0n) is 14.0. The molecule has 3 rings (SSSR count). The highest BCUT2D eigenvalue weighted by atomic mass is 35.5. The Balaban J connectivity index is 2.13. The van der Waals surface area contributed by atoms with Crippen molar-refractivity contribution in [3.05, 3.63) is 62.0 Å². The number of aryl methyl sites for hydroxylation is 2. The number of rotatable bonds is 4. The Bertz CT molecular complexity index is 1100.